The van der Waals surface area contributed by atoms with Crippen molar-refractivity contribution in [3.8, 4) is 0 Å². The summed E-state index contributed by atoms with van der Waals surface area (Å²) in [6, 6.07) is 0. The van der Waals surface area contributed by atoms with Crippen molar-refractivity contribution in [1.29, 1.82) is 0 Å². The van der Waals surface area contributed by atoms with Gasteiger partial charge in [-0.3, -0.25) is 0 Å². The van der Waals surface area contributed by atoms with Gasteiger partial charge in [-0.25, -0.2) is 9.59 Å². The van der Waals surface area contributed by atoms with E-state index in [2.05, 4.69) is 32.1 Å². The first-order valence-corrected chi connectivity index (χ1v) is 10.9. The van der Waals surface area contributed by atoms with E-state index in [1.54, 1.807) is 0 Å². The van der Waals surface area contributed by atoms with Crippen LogP contribution in [0.1, 0.15) is 65.2 Å². The quantitative estimate of drug-likeness (QED) is 0.650. The molecule has 2 fully saturated rings. The smallest absolute Gasteiger partial charge is 0.340 e. The maximum Gasteiger partial charge on any atom is 0.340 e. The first-order valence-electron chi connectivity index (χ1n) is 10.9. The van der Waals surface area contributed by atoms with Gasteiger partial charge in [-0.1, -0.05) is 44.9 Å². The van der Waals surface area contributed by atoms with E-state index in [-0.39, 0.29) is 23.8 Å². The van der Waals surface area contributed by atoms with Crippen molar-refractivity contribution in [2.45, 2.75) is 70.8 Å². The molecule has 2 heterocycles. The molecular formula is C24H28O4. The highest BCUT2D eigenvalue weighted by Gasteiger charge is 2.75. The Labute approximate surface area is 166 Å². The first kappa shape index (κ1) is 18.0. The standard InChI is InChI=1S/C24H28O4/c1-3-5-11-20-23-13-12-15(14-19(23)22(26)27-20)17(8-4-2)24(23)18-10-7-6-9-16(18)21(25)28-24/h6,9,11,14-15,17H,3-5,7-8,10,12-13H2,1-2H3/b20-11+/t15-,17+,23+,24+/m1/s1. The molecule has 4 aliphatic carbocycles. The molecule has 0 aromatic heterocycles. The molecule has 0 radical (unpaired) electrons. The Morgan fingerprint density at radius 1 is 1.21 bits per heavy atom. The van der Waals surface area contributed by atoms with E-state index in [9.17, 15) is 9.59 Å². The fourth-order valence-corrected chi connectivity index (χ4v) is 6.57. The van der Waals surface area contributed by atoms with Crippen LogP contribution in [0.3, 0.4) is 0 Å². The number of unbranched alkanes of at least 4 members (excludes halogenated alkanes) is 1. The molecule has 28 heavy (non-hydrogen) atoms. The maximum atomic E-state index is 13.0. The molecule has 6 aliphatic rings. The van der Waals surface area contributed by atoms with Crippen LogP contribution in [0.15, 0.2) is 46.8 Å². The van der Waals surface area contributed by atoms with E-state index in [1.807, 2.05) is 6.08 Å². The first-order chi connectivity index (χ1) is 13.6. The number of cyclic esters (lactones) is 1. The predicted molar refractivity (Wildman–Crippen MR) is 105 cm³/mol. The van der Waals surface area contributed by atoms with Crippen molar-refractivity contribution in [3.05, 3.63) is 46.8 Å². The largest absolute Gasteiger partial charge is 0.449 e. The minimum atomic E-state index is -0.751. The van der Waals surface area contributed by atoms with Crippen LogP contribution in [-0.2, 0) is 19.1 Å². The van der Waals surface area contributed by atoms with Crippen molar-refractivity contribution < 1.29 is 19.1 Å². The summed E-state index contributed by atoms with van der Waals surface area (Å²) >= 11 is 0. The van der Waals surface area contributed by atoms with Crippen LogP contribution in [0.4, 0.5) is 0 Å². The monoisotopic (exact) mass is 380 g/mol. The summed E-state index contributed by atoms with van der Waals surface area (Å²) in [5, 5.41) is 0. The SMILES string of the molecule is CCC/C=C1/OC(=O)C2=C[C@H]3CC[C@]21[C@]1(OC(=O)C2=C1CCC=C2)[C@H]3CCC. The molecule has 4 atom stereocenters. The zero-order chi connectivity index (χ0) is 19.5. The molecule has 1 saturated carbocycles. The van der Waals surface area contributed by atoms with Gasteiger partial charge in [0.05, 0.1) is 11.1 Å². The van der Waals surface area contributed by atoms with Crippen LogP contribution < -0.4 is 0 Å². The Kier molecular flexibility index (Phi) is 3.98. The van der Waals surface area contributed by atoms with Gasteiger partial charge >= 0.3 is 11.9 Å². The molecule has 2 spiro atoms. The molecule has 2 aliphatic heterocycles. The van der Waals surface area contributed by atoms with Gasteiger partial charge in [0.2, 0.25) is 0 Å². The summed E-state index contributed by atoms with van der Waals surface area (Å²) < 4.78 is 12.3. The predicted octanol–water partition coefficient (Wildman–Crippen LogP) is 4.92. The number of fused-ring (bicyclic) bond motifs is 1. The van der Waals surface area contributed by atoms with E-state index in [0.29, 0.717) is 0 Å². The molecule has 4 nitrogen and oxygen atoms in total. The minimum absolute atomic E-state index is 0.206. The summed E-state index contributed by atoms with van der Waals surface area (Å²) in [6.45, 7) is 4.31. The number of carbonyl (C=O) groups excluding carboxylic acids is 2. The van der Waals surface area contributed by atoms with E-state index >= 15 is 0 Å². The number of hydrogen-bond donors (Lipinski definition) is 0. The Bertz CT molecular complexity index is 873. The minimum Gasteiger partial charge on any atom is -0.449 e. The highest BCUT2D eigenvalue weighted by atomic mass is 16.6. The zero-order valence-electron chi connectivity index (χ0n) is 16.8. The fraction of sp³-hybridized carbons (Fsp3) is 0.583. The van der Waals surface area contributed by atoms with Crippen LogP contribution >= 0.6 is 0 Å². The summed E-state index contributed by atoms with van der Waals surface area (Å²) in [7, 11) is 0. The van der Waals surface area contributed by atoms with Crippen LogP contribution in [0, 0.1) is 17.3 Å². The van der Waals surface area contributed by atoms with Gasteiger partial charge in [0.15, 0.2) is 5.60 Å². The van der Waals surface area contributed by atoms with Crippen LogP contribution in [0.5, 0.6) is 0 Å². The van der Waals surface area contributed by atoms with Gasteiger partial charge in [-0.05, 0) is 56.1 Å². The van der Waals surface area contributed by atoms with Crippen LogP contribution in [0.2, 0.25) is 0 Å². The zero-order valence-corrected chi connectivity index (χ0v) is 16.8. The van der Waals surface area contributed by atoms with E-state index in [4.69, 9.17) is 9.47 Å². The van der Waals surface area contributed by atoms with Gasteiger partial charge < -0.3 is 9.47 Å². The summed E-state index contributed by atoms with van der Waals surface area (Å²) in [6.07, 6.45) is 15.7. The van der Waals surface area contributed by atoms with E-state index < -0.39 is 11.0 Å². The number of ether oxygens (including phenoxy) is 2. The van der Waals surface area contributed by atoms with Crippen LogP contribution in [-0.4, -0.2) is 17.5 Å². The molecule has 0 unspecified atom stereocenters. The lowest BCUT2D eigenvalue weighted by atomic mass is 9.45. The van der Waals surface area contributed by atoms with Crippen molar-refractivity contribution in [1.82, 2.24) is 0 Å². The molecule has 4 heteroatoms. The number of allylic oxidation sites excluding steroid dienone is 3. The molecule has 0 N–H and O–H groups in total. The summed E-state index contributed by atoms with van der Waals surface area (Å²) in [4.78, 5) is 25.9. The van der Waals surface area contributed by atoms with Crippen molar-refractivity contribution >= 4 is 11.9 Å². The summed E-state index contributed by atoms with van der Waals surface area (Å²) in [5.74, 6) is 0.749. The number of hydrogen-bond acceptors (Lipinski definition) is 4. The molecule has 6 rings (SSSR count). The Hall–Kier alpha value is -2.10. The fourth-order valence-electron chi connectivity index (χ4n) is 6.57. The van der Waals surface area contributed by atoms with Crippen molar-refractivity contribution in [2.24, 2.45) is 17.3 Å². The normalized spacial score (nSPS) is 39.4. The van der Waals surface area contributed by atoms with E-state index in [0.717, 1.165) is 73.8 Å². The summed E-state index contributed by atoms with van der Waals surface area (Å²) in [5.41, 5.74) is 1.21. The third-order valence-corrected chi connectivity index (χ3v) is 7.52. The van der Waals surface area contributed by atoms with Gasteiger partial charge in [0.1, 0.15) is 11.2 Å². The van der Waals surface area contributed by atoms with Crippen molar-refractivity contribution in [3.63, 3.8) is 0 Å². The topological polar surface area (TPSA) is 52.6 Å². The lowest BCUT2D eigenvalue weighted by Gasteiger charge is -2.59. The third-order valence-electron chi connectivity index (χ3n) is 7.52. The van der Waals surface area contributed by atoms with E-state index in [1.165, 1.54) is 0 Å². The van der Waals surface area contributed by atoms with Crippen molar-refractivity contribution in [2.75, 3.05) is 0 Å². The lowest BCUT2D eigenvalue weighted by molar-refractivity contribution is -0.176. The van der Waals surface area contributed by atoms with Gasteiger partial charge in [-0.15, -0.1) is 0 Å². The molecule has 1 saturated heterocycles. The average Bonchev–Trinajstić information content (AvgIpc) is 3.17. The second kappa shape index (κ2) is 6.20. The molecular weight excluding hydrogens is 352 g/mol. The second-order valence-electron chi connectivity index (χ2n) is 8.79. The van der Waals surface area contributed by atoms with Gasteiger partial charge in [0, 0.05) is 5.92 Å². The third kappa shape index (κ3) is 1.96. The van der Waals surface area contributed by atoms with Gasteiger partial charge in [0.25, 0.3) is 0 Å². The maximum absolute atomic E-state index is 13.0. The highest BCUT2D eigenvalue weighted by Crippen LogP contribution is 2.71. The molecule has 0 aromatic rings. The van der Waals surface area contributed by atoms with Gasteiger partial charge in [-0.2, -0.15) is 0 Å². The Balaban J connectivity index is 1.80. The number of rotatable bonds is 4. The number of esters is 2. The molecule has 0 amide bonds. The molecule has 2 bridgehead atoms. The molecule has 148 valence electrons. The highest BCUT2D eigenvalue weighted by molar-refractivity contribution is 6.00. The number of carbonyl (C=O) groups is 2. The second-order valence-corrected chi connectivity index (χ2v) is 8.79. The molecule has 0 aromatic carbocycles. The average molecular weight is 380 g/mol. The Morgan fingerprint density at radius 2 is 2.07 bits per heavy atom. The lowest BCUT2D eigenvalue weighted by Crippen LogP contribution is -2.63. The van der Waals surface area contributed by atoms with Crippen LogP contribution in [0.25, 0.3) is 0 Å². The Morgan fingerprint density at radius 3 is 2.86 bits per heavy atom.